The number of hydrogen-bond acceptors (Lipinski definition) is 2. The molecule has 0 saturated carbocycles. The molecule has 20 heavy (non-hydrogen) atoms. The van der Waals surface area contributed by atoms with Crippen molar-refractivity contribution >= 4 is 27.8 Å². The molecule has 1 atom stereocenters. The molecule has 0 aliphatic carbocycles. The highest BCUT2D eigenvalue weighted by Crippen LogP contribution is 2.21. The first-order valence-corrected chi connectivity index (χ1v) is 7.36. The minimum absolute atomic E-state index is 0.150. The van der Waals surface area contributed by atoms with Gasteiger partial charge in [0.25, 0.3) is 0 Å². The molecule has 1 amide bonds. The van der Waals surface area contributed by atoms with Gasteiger partial charge >= 0.3 is 5.97 Å². The number of aliphatic carboxylic acids is 1. The Labute approximate surface area is 127 Å². The summed E-state index contributed by atoms with van der Waals surface area (Å²) in [7, 11) is 0. The minimum Gasteiger partial charge on any atom is -0.480 e. The fraction of sp³-hybridized carbons (Fsp3) is 0.467. The molecule has 0 bridgehead atoms. The topological polar surface area (TPSA) is 57.6 Å². The van der Waals surface area contributed by atoms with E-state index in [1.54, 1.807) is 6.92 Å². The van der Waals surface area contributed by atoms with Crippen LogP contribution in [0, 0.1) is 5.92 Å². The number of hydrogen-bond donors (Lipinski definition) is 1. The average Bonchev–Trinajstić information content (AvgIpc) is 2.36. The molecule has 1 N–H and O–H groups in total. The third kappa shape index (κ3) is 4.96. The summed E-state index contributed by atoms with van der Waals surface area (Å²) in [6, 6.07) is 7.51. The first-order valence-electron chi connectivity index (χ1n) is 6.57. The average molecular weight is 342 g/mol. The van der Waals surface area contributed by atoms with E-state index in [1.165, 1.54) is 4.90 Å². The van der Waals surface area contributed by atoms with Crippen molar-refractivity contribution in [3.63, 3.8) is 0 Å². The van der Waals surface area contributed by atoms with Crippen LogP contribution in [0.3, 0.4) is 0 Å². The third-order valence-corrected chi connectivity index (χ3v) is 3.49. The van der Waals surface area contributed by atoms with Crippen LogP contribution in [0.4, 0.5) is 0 Å². The number of carbonyl (C=O) groups is 2. The zero-order valence-corrected chi connectivity index (χ0v) is 13.6. The number of carboxylic acid groups (broad SMARTS) is 1. The molecule has 110 valence electrons. The van der Waals surface area contributed by atoms with E-state index in [0.29, 0.717) is 6.54 Å². The van der Waals surface area contributed by atoms with Crippen molar-refractivity contribution in [2.24, 2.45) is 5.92 Å². The molecule has 1 rings (SSSR count). The van der Waals surface area contributed by atoms with E-state index in [0.717, 1.165) is 10.0 Å². The predicted molar refractivity (Wildman–Crippen MR) is 81.6 cm³/mol. The Morgan fingerprint density at radius 1 is 1.20 bits per heavy atom. The summed E-state index contributed by atoms with van der Waals surface area (Å²) in [4.78, 5) is 24.8. The molecule has 1 aromatic rings. The van der Waals surface area contributed by atoms with E-state index in [4.69, 9.17) is 5.11 Å². The Bertz CT molecular complexity index is 471. The van der Waals surface area contributed by atoms with Gasteiger partial charge in [0.15, 0.2) is 0 Å². The van der Waals surface area contributed by atoms with Crippen LogP contribution in [0.15, 0.2) is 28.7 Å². The molecule has 0 fully saturated rings. The highest BCUT2D eigenvalue weighted by atomic mass is 79.9. The van der Waals surface area contributed by atoms with E-state index in [9.17, 15) is 9.59 Å². The van der Waals surface area contributed by atoms with Crippen LogP contribution in [0.25, 0.3) is 0 Å². The molecule has 0 heterocycles. The number of amides is 1. The second-order valence-corrected chi connectivity index (χ2v) is 6.20. The first kappa shape index (κ1) is 16.7. The summed E-state index contributed by atoms with van der Waals surface area (Å²) >= 11 is 3.35. The molecule has 1 aromatic carbocycles. The van der Waals surface area contributed by atoms with Crippen molar-refractivity contribution in [2.45, 2.75) is 26.7 Å². The van der Waals surface area contributed by atoms with Gasteiger partial charge in [-0.05, 0) is 30.5 Å². The van der Waals surface area contributed by atoms with Gasteiger partial charge in [0.1, 0.15) is 6.54 Å². The van der Waals surface area contributed by atoms with Gasteiger partial charge in [-0.2, -0.15) is 0 Å². The molecule has 0 radical (unpaired) electrons. The minimum atomic E-state index is -0.984. The zero-order chi connectivity index (χ0) is 15.3. The SMILES string of the molecule is CC(C)CN(CC(=O)O)C(=O)C(C)c1ccc(Br)cc1. The van der Waals surface area contributed by atoms with Crippen molar-refractivity contribution in [3.05, 3.63) is 34.3 Å². The molecule has 0 aliphatic rings. The predicted octanol–water partition coefficient (Wildman–Crippen LogP) is 3.12. The second-order valence-electron chi connectivity index (χ2n) is 5.28. The molecular formula is C15H20BrNO3. The largest absolute Gasteiger partial charge is 0.480 e. The van der Waals surface area contributed by atoms with E-state index in [-0.39, 0.29) is 24.3 Å². The van der Waals surface area contributed by atoms with Crippen molar-refractivity contribution in [1.82, 2.24) is 4.90 Å². The second kappa shape index (κ2) is 7.43. The summed E-state index contributed by atoms with van der Waals surface area (Å²) in [5, 5.41) is 8.93. The van der Waals surface area contributed by atoms with Gasteiger partial charge in [-0.1, -0.05) is 41.9 Å². The highest BCUT2D eigenvalue weighted by Gasteiger charge is 2.24. The monoisotopic (exact) mass is 341 g/mol. The number of carbonyl (C=O) groups excluding carboxylic acids is 1. The summed E-state index contributed by atoms with van der Waals surface area (Å²) in [5.41, 5.74) is 0.886. The van der Waals surface area contributed by atoms with Gasteiger partial charge < -0.3 is 10.0 Å². The van der Waals surface area contributed by atoms with Gasteiger partial charge in [-0.25, -0.2) is 0 Å². The van der Waals surface area contributed by atoms with E-state index >= 15 is 0 Å². The third-order valence-electron chi connectivity index (χ3n) is 2.96. The Balaban J connectivity index is 2.87. The highest BCUT2D eigenvalue weighted by molar-refractivity contribution is 9.10. The molecule has 0 aromatic heterocycles. The van der Waals surface area contributed by atoms with Crippen LogP contribution in [-0.2, 0) is 9.59 Å². The normalized spacial score (nSPS) is 12.2. The number of rotatable bonds is 6. The fourth-order valence-electron chi connectivity index (χ4n) is 2.00. The van der Waals surface area contributed by atoms with Crippen molar-refractivity contribution < 1.29 is 14.7 Å². The molecule has 4 nitrogen and oxygen atoms in total. The number of carboxylic acids is 1. The van der Waals surface area contributed by atoms with Gasteiger partial charge in [-0.15, -0.1) is 0 Å². The lowest BCUT2D eigenvalue weighted by Crippen LogP contribution is -2.40. The first-order chi connectivity index (χ1) is 9.31. The standard InChI is InChI=1S/C15H20BrNO3/c1-10(2)8-17(9-14(18)19)15(20)11(3)12-4-6-13(16)7-5-12/h4-7,10-11H,8-9H2,1-3H3,(H,18,19). The molecule has 1 unspecified atom stereocenters. The van der Waals surface area contributed by atoms with Crippen LogP contribution in [0.5, 0.6) is 0 Å². The smallest absolute Gasteiger partial charge is 0.323 e. The maximum Gasteiger partial charge on any atom is 0.323 e. The molecule has 0 aliphatic heterocycles. The number of benzene rings is 1. The van der Waals surface area contributed by atoms with Crippen LogP contribution in [0.1, 0.15) is 32.3 Å². The molecule has 0 spiro atoms. The zero-order valence-electron chi connectivity index (χ0n) is 12.0. The summed E-state index contributed by atoms with van der Waals surface area (Å²) in [6.45, 7) is 5.93. The molecule has 0 saturated heterocycles. The number of halogens is 1. The maximum atomic E-state index is 12.5. The van der Waals surface area contributed by atoms with Crippen molar-refractivity contribution in [1.29, 1.82) is 0 Å². The van der Waals surface area contributed by atoms with Crippen LogP contribution in [0.2, 0.25) is 0 Å². The maximum absolute atomic E-state index is 12.5. The molecular weight excluding hydrogens is 322 g/mol. The van der Waals surface area contributed by atoms with Crippen LogP contribution >= 0.6 is 15.9 Å². The Morgan fingerprint density at radius 2 is 1.75 bits per heavy atom. The summed E-state index contributed by atoms with van der Waals surface area (Å²) < 4.78 is 0.950. The van der Waals surface area contributed by atoms with Gasteiger partial charge in [0, 0.05) is 11.0 Å². The van der Waals surface area contributed by atoms with Crippen LogP contribution in [-0.4, -0.2) is 35.0 Å². The fourth-order valence-corrected chi connectivity index (χ4v) is 2.27. The van der Waals surface area contributed by atoms with Crippen molar-refractivity contribution in [3.8, 4) is 0 Å². The van der Waals surface area contributed by atoms with E-state index in [2.05, 4.69) is 15.9 Å². The number of nitrogens with zero attached hydrogens (tertiary/aromatic N) is 1. The lowest BCUT2D eigenvalue weighted by Gasteiger charge is -2.26. The summed E-state index contributed by atoms with van der Waals surface area (Å²) in [5.74, 6) is -1.25. The Kier molecular flexibility index (Phi) is 6.20. The Hall–Kier alpha value is -1.36. The van der Waals surface area contributed by atoms with Crippen LogP contribution < -0.4 is 0 Å². The van der Waals surface area contributed by atoms with Gasteiger partial charge in [-0.3, -0.25) is 9.59 Å². The summed E-state index contributed by atoms with van der Waals surface area (Å²) in [6.07, 6.45) is 0. The Morgan fingerprint density at radius 3 is 2.20 bits per heavy atom. The van der Waals surface area contributed by atoms with E-state index in [1.807, 2.05) is 38.1 Å². The lowest BCUT2D eigenvalue weighted by molar-refractivity contribution is -0.145. The van der Waals surface area contributed by atoms with Gasteiger partial charge in [0.2, 0.25) is 5.91 Å². The van der Waals surface area contributed by atoms with Gasteiger partial charge in [0.05, 0.1) is 5.92 Å². The lowest BCUT2D eigenvalue weighted by atomic mass is 9.99. The van der Waals surface area contributed by atoms with Crippen molar-refractivity contribution in [2.75, 3.05) is 13.1 Å². The quantitative estimate of drug-likeness (QED) is 0.864. The van der Waals surface area contributed by atoms with E-state index < -0.39 is 5.97 Å². The molecule has 5 heteroatoms.